The number of carbonyl (C=O) groups excluding carboxylic acids is 1. The number of anilines is 1. The van der Waals surface area contributed by atoms with E-state index in [2.05, 4.69) is 25.2 Å². The van der Waals surface area contributed by atoms with Gasteiger partial charge in [0.25, 0.3) is 0 Å². The van der Waals surface area contributed by atoms with Crippen molar-refractivity contribution >= 4 is 11.8 Å². The predicted octanol–water partition coefficient (Wildman–Crippen LogP) is 5.66. The minimum Gasteiger partial charge on any atom is -0.408 e. The average molecular weight is 521 g/mol. The molecule has 1 aliphatic rings. The van der Waals surface area contributed by atoms with Crippen LogP contribution in [-0.2, 0) is 11.3 Å². The zero-order valence-electron chi connectivity index (χ0n) is 21.5. The van der Waals surface area contributed by atoms with Crippen molar-refractivity contribution in [3.8, 4) is 22.8 Å². The lowest BCUT2D eigenvalue weighted by molar-refractivity contribution is -0.120. The van der Waals surface area contributed by atoms with Gasteiger partial charge < -0.3 is 9.32 Å². The van der Waals surface area contributed by atoms with Gasteiger partial charge in [-0.3, -0.25) is 4.79 Å². The van der Waals surface area contributed by atoms with E-state index in [9.17, 15) is 13.6 Å². The van der Waals surface area contributed by atoms with Crippen LogP contribution >= 0.6 is 0 Å². The van der Waals surface area contributed by atoms with E-state index in [1.807, 2.05) is 13.8 Å². The van der Waals surface area contributed by atoms with E-state index in [1.165, 1.54) is 24.3 Å². The van der Waals surface area contributed by atoms with Crippen LogP contribution < -0.4 is 4.90 Å². The van der Waals surface area contributed by atoms with Gasteiger partial charge in [-0.1, -0.05) is 18.9 Å². The van der Waals surface area contributed by atoms with E-state index in [1.54, 1.807) is 28.9 Å². The van der Waals surface area contributed by atoms with Gasteiger partial charge in [-0.05, 0) is 73.7 Å². The summed E-state index contributed by atoms with van der Waals surface area (Å²) in [6.07, 6.45) is 3.12. The number of nitrogens with zero attached hydrogens (tertiary/aromatic N) is 6. The lowest BCUT2D eigenvalue weighted by Crippen LogP contribution is -2.24. The molecule has 0 N–H and O–H groups in total. The first-order valence-electron chi connectivity index (χ1n) is 12.9. The number of Topliss-reactive ketones (excluding diaryl/α,β-unsaturated/α-hetero) is 1. The van der Waals surface area contributed by atoms with Crippen LogP contribution in [0.3, 0.4) is 0 Å². The smallest absolute Gasteiger partial charge is 0.318 e. The lowest BCUT2D eigenvalue weighted by Gasteiger charge is -2.17. The normalized spacial score (nSPS) is 16.1. The fraction of sp³-hybridized carbons (Fsp3) is 0.393. The molecule has 8 nitrogen and oxygen atoms in total. The van der Waals surface area contributed by atoms with E-state index in [0.29, 0.717) is 41.1 Å². The maximum absolute atomic E-state index is 13.5. The molecule has 5 rings (SSSR count). The molecule has 1 saturated heterocycles. The van der Waals surface area contributed by atoms with Gasteiger partial charge in [0, 0.05) is 36.6 Å². The van der Waals surface area contributed by atoms with Crippen molar-refractivity contribution in [3.05, 3.63) is 66.1 Å². The number of hydrogen-bond acceptors (Lipinski definition) is 7. The van der Waals surface area contributed by atoms with E-state index < -0.39 is 0 Å². The second-order valence-electron chi connectivity index (χ2n) is 10.0. The van der Waals surface area contributed by atoms with Crippen molar-refractivity contribution in [2.75, 3.05) is 18.0 Å². The highest BCUT2D eigenvalue weighted by Crippen LogP contribution is 2.27. The predicted molar refractivity (Wildman–Crippen MR) is 138 cm³/mol. The monoisotopic (exact) mass is 520 g/mol. The minimum atomic E-state index is -0.363. The van der Waals surface area contributed by atoms with Crippen molar-refractivity contribution in [2.45, 2.75) is 52.0 Å². The summed E-state index contributed by atoms with van der Waals surface area (Å²) in [6.45, 7) is 5.63. The van der Waals surface area contributed by atoms with Crippen LogP contribution in [0.1, 0.15) is 51.3 Å². The molecule has 0 bridgehead atoms. The van der Waals surface area contributed by atoms with Gasteiger partial charge in [-0.15, -0.1) is 10.2 Å². The quantitative estimate of drug-likeness (QED) is 0.296. The van der Waals surface area contributed by atoms with Crippen LogP contribution in [0.4, 0.5) is 14.8 Å². The van der Waals surface area contributed by atoms with Crippen LogP contribution in [0.2, 0.25) is 0 Å². The Hall–Kier alpha value is -3.95. The molecule has 0 amide bonds. The zero-order chi connectivity index (χ0) is 26.6. The molecule has 1 unspecified atom stereocenters. The van der Waals surface area contributed by atoms with Gasteiger partial charge in [0.2, 0.25) is 5.89 Å². The van der Waals surface area contributed by atoms with Crippen molar-refractivity contribution in [2.24, 2.45) is 5.92 Å². The second-order valence-corrected chi connectivity index (χ2v) is 10.0. The number of rotatable bonds is 8. The largest absolute Gasteiger partial charge is 0.408 e. The third kappa shape index (κ3) is 5.95. The molecule has 2 aromatic carbocycles. The van der Waals surface area contributed by atoms with Crippen molar-refractivity contribution in [1.82, 2.24) is 25.0 Å². The standard InChI is InChI=1S/C28H30F2N6O2/c1-18(2)27-32-33-28(38-27)35-14-3-4-19(13-15-35)16-24(37)17-36-26(21-7-11-23(30)12-8-21)31-25(34-36)20-5-9-22(29)10-6-20/h5-12,18-19H,3-4,13-17H2,1-2H3. The fourth-order valence-corrected chi connectivity index (χ4v) is 4.69. The van der Waals surface area contributed by atoms with Gasteiger partial charge in [0.05, 0.1) is 0 Å². The van der Waals surface area contributed by atoms with Crippen LogP contribution in [0, 0.1) is 17.6 Å². The van der Waals surface area contributed by atoms with Gasteiger partial charge in [0.1, 0.15) is 18.2 Å². The Morgan fingerprint density at radius 1 is 0.974 bits per heavy atom. The van der Waals surface area contributed by atoms with Crippen LogP contribution in [0.15, 0.2) is 52.9 Å². The second kappa shape index (κ2) is 11.2. The summed E-state index contributed by atoms with van der Waals surface area (Å²) in [5.74, 6) is 1.19. The summed E-state index contributed by atoms with van der Waals surface area (Å²) in [5, 5.41) is 12.9. The van der Waals surface area contributed by atoms with Crippen molar-refractivity contribution in [1.29, 1.82) is 0 Å². The van der Waals surface area contributed by atoms with E-state index in [-0.39, 0.29) is 35.8 Å². The molecule has 1 atom stereocenters. The number of hydrogen-bond donors (Lipinski definition) is 0. The third-order valence-corrected chi connectivity index (χ3v) is 6.76. The molecule has 4 aromatic rings. The SMILES string of the molecule is CC(C)c1nnc(N2CCCC(CC(=O)Cn3nc(-c4ccc(F)cc4)nc3-c3ccc(F)cc3)CC2)o1. The molecule has 1 aliphatic heterocycles. The van der Waals surface area contributed by atoms with Crippen LogP contribution in [0.5, 0.6) is 0 Å². The Morgan fingerprint density at radius 3 is 2.32 bits per heavy atom. The number of carbonyl (C=O) groups is 1. The molecule has 0 radical (unpaired) electrons. The Balaban J connectivity index is 1.28. The molecular formula is C28H30F2N6O2. The first-order chi connectivity index (χ1) is 18.4. The van der Waals surface area contributed by atoms with Crippen LogP contribution in [0.25, 0.3) is 22.8 Å². The number of halogens is 2. The fourth-order valence-electron chi connectivity index (χ4n) is 4.69. The molecule has 38 heavy (non-hydrogen) atoms. The summed E-state index contributed by atoms with van der Waals surface area (Å²) >= 11 is 0. The van der Waals surface area contributed by atoms with Gasteiger partial charge in [0.15, 0.2) is 17.4 Å². The summed E-state index contributed by atoms with van der Waals surface area (Å²) < 4.78 is 34.3. The van der Waals surface area contributed by atoms with Crippen molar-refractivity contribution < 1.29 is 18.0 Å². The lowest BCUT2D eigenvalue weighted by atomic mass is 9.95. The van der Waals surface area contributed by atoms with Gasteiger partial charge in [-0.2, -0.15) is 0 Å². The summed E-state index contributed by atoms with van der Waals surface area (Å²) in [7, 11) is 0. The van der Waals surface area contributed by atoms with Crippen LogP contribution in [-0.4, -0.2) is 43.8 Å². The number of aromatic nitrogens is 5. The van der Waals surface area contributed by atoms with Gasteiger partial charge >= 0.3 is 6.01 Å². The number of benzene rings is 2. The van der Waals surface area contributed by atoms with E-state index >= 15 is 0 Å². The van der Waals surface area contributed by atoms with Crippen molar-refractivity contribution in [3.63, 3.8) is 0 Å². The molecule has 0 spiro atoms. The highest BCUT2D eigenvalue weighted by Gasteiger charge is 2.24. The highest BCUT2D eigenvalue weighted by atomic mass is 19.1. The Bertz CT molecular complexity index is 1380. The summed E-state index contributed by atoms with van der Waals surface area (Å²) in [6, 6.07) is 12.3. The topological polar surface area (TPSA) is 89.9 Å². The van der Waals surface area contributed by atoms with E-state index in [4.69, 9.17) is 4.42 Å². The van der Waals surface area contributed by atoms with E-state index in [0.717, 1.165) is 32.4 Å². The Morgan fingerprint density at radius 2 is 1.66 bits per heavy atom. The Labute approximate surface area is 219 Å². The molecule has 2 aromatic heterocycles. The molecular weight excluding hydrogens is 490 g/mol. The maximum atomic E-state index is 13.5. The molecule has 0 saturated carbocycles. The molecule has 10 heteroatoms. The minimum absolute atomic E-state index is 0.0438. The highest BCUT2D eigenvalue weighted by molar-refractivity contribution is 5.79. The zero-order valence-corrected chi connectivity index (χ0v) is 21.5. The molecule has 0 aliphatic carbocycles. The maximum Gasteiger partial charge on any atom is 0.318 e. The number of ketones is 1. The molecule has 198 valence electrons. The Kier molecular flexibility index (Phi) is 7.57. The average Bonchev–Trinajstić information content (AvgIpc) is 3.49. The van der Waals surface area contributed by atoms with Gasteiger partial charge in [-0.25, -0.2) is 18.4 Å². The first-order valence-corrected chi connectivity index (χ1v) is 12.9. The molecule has 1 fully saturated rings. The first kappa shape index (κ1) is 25.7. The third-order valence-electron chi connectivity index (χ3n) is 6.76. The summed E-state index contributed by atoms with van der Waals surface area (Å²) in [4.78, 5) is 19.9. The summed E-state index contributed by atoms with van der Waals surface area (Å²) in [5.41, 5.74) is 1.27. The molecule has 3 heterocycles.